The molecule has 1 saturated heterocycles. The third-order valence-electron chi connectivity index (χ3n) is 4.96. The first-order valence-corrected chi connectivity index (χ1v) is 8.06. The minimum atomic E-state index is 0.434. The van der Waals surface area contributed by atoms with E-state index in [-0.39, 0.29) is 0 Å². The van der Waals surface area contributed by atoms with Crippen LogP contribution in [-0.2, 0) is 6.42 Å². The summed E-state index contributed by atoms with van der Waals surface area (Å²) in [4.78, 5) is 2.48. The molecule has 1 aliphatic heterocycles. The first kappa shape index (κ1) is 15.5. The fraction of sp³-hybridized carbons (Fsp3) is 0.667. The second kappa shape index (κ2) is 6.73. The molecule has 0 aromatic heterocycles. The van der Waals surface area contributed by atoms with E-state index in [2.05, 4.69) is 69.2 Å². The summed E-state index contributed by atoms with van der Waals surface area (Å²) in [6, 6.07) is 10.8. The summed E-state index contributed by atoms with van der Waals surface area (Å²) in [5.74, 6) is 0.716. The van der Waals surface area contributed by atoms with Crippen molar-refractivity contribution in [2.24, 2.45) is 5.92 Å². The van der Waals surface area contributed by atoms with Gasteiger partial charge < -0.3 is 10.2 Å². The Balaban J connectivity index is 1.97. The molecule has 0 amide bonds. The molecule has 0 spiro atoms. The number of aryl methyl sites for hydroxylation is 1. The zero-order valence-electron chi connectivity index (χ0n) is 13.7. The SMILES string of the molecule is CCc1ccc(C(C)NC2CC(C)N(C)CC2C)cc1. The van der Waals surface area contributed by atoms with Gasteiger partial charge in [0.05, 0.1) is 0 Å². The van der Waals surface area contributed by atoms with Gasteiger partial charge in [0.1, 0.15) is 0 Å². The van der Waals surface area contributed by atoms with E-state index in [1.165, 1.54) is 24.1 Å². The maximum atomic E-state index is 3.85. The van der Waals surface area contributed by atoms with Crippen LogP contribution in [0.5, 0.6) is 0 Å². The number of nitrogens with one attached hydrogen (secondary N) is 1. The number of rotatable bonds is 4. The third kappa shape index (κ3) is 3.62. The van der Waals surface area contributed by atoms with E-state index in [0.717, 1.165) is 6.42 Å². The van der Waals surface area contributed by atoms with Crippen LogP contribution in [0.25, 0.3) is 0 Å². The lowest BCUT2D eigenvalue weighted by Crippen LogP contribution is -2.51. The van der Waals surface area contributed by atoms with Gasteiger partial charge >= 0.3 is 0 Å². The van der Waals surface area contributed by atoms with Crippen LogP contribution >= 0.6 is 0 Å². The van der Waals surface area contributed by atoms with Crippen LogP contribution in [0, 0.1) is 5.92 Å². The first-order chi connectivity index (χ1) is 9.51. The summed E-state index contributed by atoms with van der Waals surface area (Å²) < 4.78 is 0. The Kier molecular flexibility index (Phi) is 5.22. The van der Waals surface area contributed by atoms with Crippen LogP contribution in [0.15, 0.2) is 24.3 Å². The van der Waals surface area contributed by atoms with Crippen molar-refractivity contribution in [2.45, 2.75) is 58.7 Å². The van der Waals surface area contributed by atoms with Crippen molar-refractivity contribution in [1.29, 1.82) is 0 Å². The molecule has 1 aromatic rings. The van der Waals surface area contributed by atoms with Crippen molar-refractivity contribution in [2.75, 3.05) is 13.6 Å². The van der Waals surface area contributed by atoms with Gasteiger partial charge in [-0.2, -0.15) is 0 Å². The lowest BCUT2D eigenvalue weighted by atomic mass is 9.89. The van der Waals surface area contributed by atoms with Crippen LogP contribution in [0.2, 0.25) is 0 Å². The number of piperidine rings is 1. The van der Waals surface area contributed by atoms with Crippen LogP contribution in [0.4, 0.5) is 0 Å². The molecule has 1 aliphatic rings. The summed E-state index contributed by atoms with van der Waals surface area (Å²) in [5.41, 5.74) is 2.82. The predicted octanol–water partition coefficient (Wildman–Crippen LogP) is 3.63. The molecule has 2 heteroatoms. The van der Waals surface area contributed by atoms with E-state index in [1.54, 1.807) is 0 Å². The van der Waals surface area contributed by atoms with Gasteiger partial charge in [-0.05, 0) is 50.8 Å². The maximum Gasteiger partial charge on any atom is 0.0294 e. The van der Waals surface area contributed by atoms with E-state index in [0.29, 0.717) is 24.0 Å². The fourth-order valence-corrected chi connectivity index (χ4v) is 3.23. The molecule has 2 rings (SSSR count). The Morgan fingerprint density at radius 3 is 2.50 bits per heavy atom. The zero-order valence-corrected chi connectivity index (χ0v) is 13.7. The zero-order chi connectivity index (χ0) is 14.7. The van der Waals surface area contributed by atoms with Gasteiger partial charge in [0.15, 0.2) is 0 Å². The van der Waals surface area contributed by atoms with Crippen molar-refractivity contribution < 1.29 is 0 Å². The number of hydrogen-bond donors (Lipinski definition) is 1. The Bertz CT molecular complexity index is 412. The number of nitrogens with zero attached hydrogens (tertiary/aromatic N) is 1. The van der Waals surface area contributed by atoms with Crippen molar-refractivity contribution in [3.63, 3.8) is 0 Å². The topological polar surface area (TPSA) is 15.3 Å². The molecule has 4 unspecified atom stereocenters. The Hall–Kier alpha value is -0.860. The van der Waals surface area contributed by atoms with E-state index in [4.69, 9.17) is 0 Å². The van der Waals surface area contributed by atoms with Gasteiger partial charge in [0.25, 0.3) is 0 Å². The van der Waals surface area contributed by atoms with E-state index in [1.807, 2.05) is 0 Å². The van der Waals surface area contributed by atoms with E-state index in [9.17, 15) is 0 Å². The quantitative estimate of drug-likeness (QED) is 0.902. The molecule has 0 aliphatic carbocycles. The average Bonchev–Trinajstić information content (AvgIpc) is 2.44. The van der Waals surface area contributed by atoms with Crippen molar-refractivity contribution >= 4 is 0 Å². The lowest BCUT2D eigenvalue weighted by Gasteiger charge is -2.41. The number of benzene rings is 1. The second-order valence-corrected chi connectivity index (χ2v) is 6.59. The molecule has 4 atom stereocenters. The molecule has 2 nitrogen and oxygen atoms in total. The van der Waals surface area contributed by atoms with Gasteiger partial charge in [-0.25, -0.2) is 0 Å². The largest absolute Gasteiger partial charge is 0.307 e. The van der Waals surface area contributed by atoms with Gasteiger partial charge in [0.2, 0.25) is 0 Å². The van der Waals surface area contributed by atoms with Crippen LogP contribution in [-0.4, -0.2) is 30.6 Å². The highest BCUT2D eigenvalue weighted by Gasteiger charge is 2.29. The minimum Gasteiger partial charge on any atom is -0.307 e. The summed E-state index contributed by atoms with van der Waals surface area (Å²) in [7, 11) is 2.24. The molecule has 1 fully saturated rings. The summed E-state index contributed by atoms with van der Waals surface area (Å²) >= 11 is 0. The summed E-state index contributed by atoms with van der Waals surface area (Å²) in [6.45, 7) is 10.4. The van der Waals surface area contributed by atoms with Crippen LogP contribution < -0.4 is 5.32 Å². The van der Waals surface area contributed by atoms with Gasteiger partial charge in [-0.3, -0.25) is 0 Å². The van der Waals surface area contributed by atoms with E-state index >= 15 is 0 Å². The standard InChI is InChI=1S/C18H30N2/c1-6-16-7-9-17(10-8-16)15(4)19-18-11-14(3)20(5)12-13(18)2/h7-10,13-15,18-19H,6,11-12H2,1-5H3. The van der Waals surface area contributed by atoms with Crippen LogP contribution in [0.1, 0.15) is 51.3 Å². The molecule has 0 saturated carbocycles. The van der Waals surface area contributed by atoms with Crippen LogP contribution in [0.3, 0.4) is 0 Å². The second-order valence-electron chi connectivity index (χ2n) is 6.59. The monoisotopic (exact) mass is 274 g/mol. The summed E-state index contributed by atoms with van der Waals surface area (Å²) in [6.07, 6.45) is 2.36. The average molecular weight is 274 g/mol. The molecular formula is C18H30N2. The predicted molar refractivity (Wildman–Crippen MR) is 87.0 cm³/mol. The molecule has 0 radical (unpaired) electrons. The molecule has 1 aromatic carbocycles. The third-order valence-corrected chi connectivity index (χ3v) is 4.96. The molecule has 20 heavy (non-hydrogen) atoms. The van der Waals surface area contributed by atoms with Gasteiger partial charge in [0, 0.05) is 24.7 Å². The maximum absolute atomic E-state index is 3.85. The molecule has 1 N–H and O–H groups in total. The fourth-order valence-electron chi connectivity index (χ4n) is 3.23. The van der Waals surface area contributed by atoms with Crippen molar-refractivity contribution in [1.82, 2.24) is 10.2 Å². The van der Waals surface area contributed by atoms with Gasteiger partial charge in [-0.1, -0.05) is 38.1 Å². The molecule has 0 bridgehead atoms. The highest BCUT2D eigenvalue weighted by Crippen LogP contribution is 2.24. The van der Waals surface area contributed by atoms with Crippen molar-refractivity contribution in [3.05, 3.63) is 35.4 Å². The van der Waals surface area contributed by atoms with Crippen molar-refractivity contribution in [3.8, 4) is 0 Å². The summed E-state index contributed by atoms with van der Waals surface area (Å²) in [5, 5.41) is 3.85. The highest BCUT2D eigenvalue weighted by molar-refractivity contribution is 5.24. The Labute approximate surface area is 124 Å². The number of likely N-dealkylation sites (tertiary alicyclic amines) is 1. The molecule has 1 heterocycles. The first-order valence-electron chi connectivity index (χ1n) is 8.06. The van der Waals surface area contributed by atoms with E-state index < -0.39 is 0 Å². The van der Waals surface area contributed by atoms with Gasteiger partial charge in [-0.15, -0.1) is 0 Å². The Morgan fingerprint density at radius 2 is 1.90 bits per heavy atom. The normalized spacial score (nSPS) is 29.4. The number of hydrogen-bond acceptors (Lipinski definition) is 2. The lowest BCUT2D eigenvalue weighted by molar-refractivity contribution is 0.116. The minimum absolute atomic E-state index is 0.434. The Morgan fingerprint density at radius 1 is 1.25 bits per heavy atom. The highest BCUT2D eigenvalue weighted by atomic mass is 15.2. The molecule has 112 valence electrons. The smallest absolute Gasteiger partial charge is 0.0294 e. The molecular weight excluding hydrogens is 244 g/mol.